The molecule has 0 radical (unpaired) electrons. The number of methoxy groups -OCH3 is 1. The maximum absolute atomic E-state index is 12.5. The molecule has 0 aliphatic carbocycles. The molecule has 4 aromatic rings. The molecule has 30 heavy (non-hydrogen) atoms. The summed E-state index contributed by atoms with van der Waals surface area (Å²) in [7, 11) is 1.62. The Balaban J connectivity index is 1.44. The highest BCUT2D eigenvalue weighted by Gasteiger charge is 2.11. The maximum Gasteiger partial charge on any atom is 0.261 e. The van der Waals surface area contributed by atoms with Crippen molar-refractivity contribution in [3.05, 3.63) is 100 Å². The van der Waals surface area contributed by atoms with Crippen LogP contribution in [0.1, 0.15) is 15.9 Å². The van der Waals surface area contributed by atoms with E-state index in [1.807, 2.05) is 66.7 Å². The number of pyridine rings is 1. The zero-order valence-electron chi connectivity index (χ0n) is 16.6. The molecule has 2 N–H and O–H groups in total. The van der Waals surface area contributed by atoms with Crippen molar-refractivity contribution in [1.82, 2.24) is 10.3 Å². The number of hydrogen-bond donors (Lipinski definition) is 2. The highest BCUT2D eigenvalue weighted by atomic mass is 16.5. The van der Waals surface area contributed by atoms with E-state index in [0.29, 0.717) is 18.7 Å². The van der Waals surface area contributed by atoms with Crippen LogP contribution >= 0.6 is 0 Å². The molecule has 0 saturated carbocycles. The Morgan fingerprint density at radius 2 is 1.70 bits per heavy atom. The quantitative estimate of drug-likeness (QED) is 0.512. The number of rotatable bonds is 6. The van der Waals surface area contributed by atoms with Crippen LogP contribution in [-0.2, 0) is 6.42 Å². The summed E-state index contributed by atoms with van der Waals surface area (Å²) in [5, 5.41) is 5.04. The standard InChI is InChI=1S/C25H22N2O3/c1-30-21-10-6-17(7-11-21)14-15-26-24(28)22-12-13-23(27-25(22)29)20-9-8-18-4-2-3-5-19(18)16-20/h2-13,16H,14-15H2,1H3,(H,26,28)(H,27,29). The highest BCUT2D eigenvalue weighted by molar-refractivity contribution is 5.94. The number of nitrogens with one attached hydrogen (secondary N) is 2. The maximum atomic E-state index is 12.5. The molecule has 5 heteroatoms. The molecule has 0 saturated heterocycles. The smallest absolute Gasteiger partial charge is 0.261 e. The van der Waals surface area contributed by atoms with Gasteiger partial charge in [-0.1, -0.05) is 48.5 Å². The molecule has 0 bridgehead atoms. The number of aromatic nitrogens is 1. The van der Waals surface area contributed by atoms with Crippen molar-refractivity contribution in [2.75, 3.05) is 13.7 Å². The predicted molar refractivity (Wildman–Crippen MR) is 119 cm³/mol. The lowest BCUT2D eigenvalue weighted by atomic mass is 10.0. The van der Waals surface area contributed by atoms with Crippen LogP contribution in [0.25, 0.3) is 22.0 Å². The second-order valence-electron chi connectivity index (χ2n) is 7.03. The van der Waals surface area contributed by atoms with E-state index in [1.54, 1.807) is 19.2 Å². The van der Waals surface area contributed by atoms with Gasteiger partial charge in [-0.15, -0.1) is 0 Å². The van der Waals surface area contributed by atoms with Crippen LogP contribution in [0.5, 0.6) is 5.75 Å². The van der Waals surface area contributed by atoms with Gasteiger partial charge in [-0.05, 0) is 58.7 Å². The fraction of sp³-hybridized carbons (Fsp3) is 0.120. The number of amides is 1. The number of carbonyl (C=O) groups is 1. The van der Waals surface area contributed by atoms with Crippen LogP contribution in [0.3, 0.4) is 0 Å². The summed E-state index contributed by atoms with van der Waals surface area (Å²) in [6.07, 6.45) is 0.669. The Bertz CT molecular complexity index is 1240. The van der Waals surface area contributed by atoms with Crippen LogP contribution in [0, 0.1) is 0 Å². The molecule has 1 aromatic heterocycles. The van der Waals surface area contributed by atoms with Crippen LogP contribution in [0.2, 0.25) is 0 Å². The van der Waals surface area contributed by atoms with E-state index in [4.69, 9.17) is 4.74 Å². The first-order valence-electron chi connectivity index (χ1n) is 9.78. The SMILES string of the molecule is COc1ccc(CCNC(=O)c2ccc(-c3ccc4ccccc4c3)[nH]c2=O)cc1. The fourth-order valence-corrected chi connectivity index (χ4v) is 3.39. The molecule has 0 atom stereocenters. The van der Waals surface area contributed by atoms with Crippen molar-refractivity contribution in [3.8, 4) is 17.0 Å². The second kappa shape index (κ2) is 8.66. The summed E-state index contributed by atoms with van der Waals surface area (Å²) < 4.78 is 5.14. The molecule has 150 valence electrons. The minimum atomic E-state index is -0.400. The molecule has 0 aliphatic heterocycles. The van der Waals surface area contributed by atoms with E-state index in [0.717, 1.165) is 27.6 Å². The minimum Gasteiger partial charge on any atom is -0.497 e. The zero-order chi connectivity index (χ0) is 20.9. The van der Waals surface area contributed by atoms with Crippen LogP contribution < -0.4 is 15.6 Å². The van der Waals surface area contributed by atoms with Gasteiger partial charge >= 0.3 is 0 Å². The summed E-state index contributed by atoms with van der Waals surface area (Å²) in [4.78, 5) is 27.7. The van der Waals surface area contributed by atoms with Gasteiger partial charge in [0.1, 0.15) is 11.3 Å². The van der Waals surface area contributed by atoms with E-state index >= 15 is 0 Å². The van der Waals surface area contributed by atoms with Crippen LogP contribution in [0.4, 0.5) is 0 Å². The van der Waals surface area contributed by atoms with Gasteiger partial charge in [0.2, 0.25) is 0 Å². The first kappa shape index (κ1) is 19.5. The van der Waals surface area contributed by atoms with E-state index < -0.39 is 5.56 Å². The number of aromatic amines is 1. The molecule has 0 spiro atoms. The fourth-order valence-electron chi connectivity index (χ4n) is 3.39. The lowest BCUT2D eigenvalue weighted by Gasteiger charge is -2.08. The van der Waals surface area contributed by atoms with Gasteiger partial charge in [0.05, 0.1) is 7.11 Å². The summed E-state index contributed by atoms with van der Waals surface area (Å²) in [6, 6.07) is 25.1. The number of fused-ring (bicyclic) bond motifs is 1. The molecule has 1 amide bonds. The van der Waals surface area contributed by atoms with Gasteiger partial charge in [-0.2, -0.15) is 0 Å². The zero-order valence-corrected chi connectivity index (χ0v) is 16.6. The topological polar surface area (TPSA) is 71.2 Å². The summed E-state index contributed by atoms with van der Waals surface area (Å²) in [5.74, 6) is 0.413. The number of ether oxygens (including phenoxy) is 1. The van der Waals surface area contributed by atoms with Gasteiger partial charge in [-0.3, -0.25) is 9.59 Å². The first-order valence-corrected chi connectivity index (χ1v) is 9.78. The van der Waals surface area contributed by atoms with E-state index in [2.05, 4.69) is 10.3 Å². The van der Waals surface area contributed by atoms with Crippen molar-refractivity contribution < 1.29 is 9.53 Å². The molecule has 0 fully saturated rings. The van der Waals surface area contributed by atoms with Crippen molar-refractivity contribution >= 4 is 16.7 Å². The van der Waals surface area contributed by atoms with Gasteiger partial charge in [0.25, 0.3) is 11.5 Å². The van der Waals surface area contributed by atoms with Crippen LogP contribution in [-0.4, -0.2) is 24.5 Å². The lowest BCUT2D eigenvalue weighted by molar-refractivity contribution is 0.0952. The Morgan fingerprint density at radius 3 is 2.43 bits per heavy atom. The van der Waals surface area contributed by atoms with Crippen molar-refractivity contribution in [2.45, 2.75) is 6.42 Å². The number of benzene rings is 3. The third kappa shape index (κ3) is 4.25. The molecular weight excluding hydrogens is 376 g/mol. The molecule has 4 rings (SSSR count). The van der Waals surface area contributed by atoms with E-state index in [1.165, 1.54) is 0 Å². The molecule has 0 aliphatic rings. The highest BCUT2D eigenvalue weighted by Crippen LogP contribution is 2.22. The summed E-state index contributed by atoms with van der Waals surface area (Å²) in [5.41, 5.74) is 2.37. The molecule has 1 heterocycles. The summed E-state index contributed by atoms with van der Waals surface area (Å²) in [6.45, 7) is 0.441. The Kier molecular flexibility index (Phi) is 5.61. The minimum absolute atomic E-state index is 0.106. The van der Waals surface area contributed by atoms with E-state index in [9.17, 15) is 9.59 Å². The largest absolute Gasteiger partial charge is 0.497 e. The third-order valence-electron chi connectivity index (χ3n) is 5.07. The molecule has 3 aromatic carbocycles. The normalized spacial score (nSPS) is 10.7. The molecular formula is C25H22N2O3. The Morgan fingerprint density at radius 1 is 0.933 bits per heavy atom. The number of hydrogen-bond acceptors (Lipinski definition) is 3. The van der Waals surface area contributed by atoms with Gasteiger partial charge in [-0.25, -0.2) is 0 Å². The monoisotopic (exact) mass is 398 g/mol. The van der Waals surface area contributed by atoms with Gasteiger partial charge in [0, 0.05) is 12.2 Å². The van der Waals surface area contributed by atoms with Crippen LogP contribution in [0.15, 0.2) is 83.7 Å². The third-order valence-corrected chi connectivity index (χ3v) is 5.07. The molecule has 0 unspecified atom stereocenters. The Labute approximate surface area is 174 Å². The average molecular weight is 398 g/mol. The van der Waals surface area contributed by atoms with Crippen molar-refractivity contribution in [1.29, 1.82) is 0 Å². The van der Waals surface area contributed by atoms with Gasteiger partial charge in [0.15, 0.2) is 0 Å². The first-order chi connectivity index (χ1) is 14.6. The predicted octanol–water partition coefficient (Wildman–Crippen LogP) is 4.18. The second-order valence-corrected chi connectivity index (χ2v) is 7.03. The number of carbonyl (C=O) groups excluding carboxylic acids is 1. The average Bonchev–Trinajstić information content (AvgIpc) is 2.79. The lowest BCUT2D eigenvalue weighted by Crippen LogP contribution is -2.31. The molecule has 5 nitrogen and oxygen atoms in total. The van der Waals surface area contributed by atoms with Gasteiger partial charge < -0.3 is 15.0 Å². The summed E-state index contributed by atoms with van der Waals surface area (Å²) >= 11 is 0. The van der Waals surface area contributed by atoms with Crippen molar-refractivity contribution in [2.24, 2.45) is 0 Å². The Hall–Kier alpha value is -3.86. The van der Waals surface area contributed by atoms with Crippen molar-refractivity contribution in [3.63, 3.8) is 0 Å². The number of H-pyrrole nitrogens is 1. The van der Waals surface area contributed by atoms with E-state index in [-0.39, 0.29) is 11.5 Å².